The van der Waals surface area contributed by atoms with Crippen LogP contribution in [0.4, 0.5) is 5.69 Å². The number of hydrogen-bond donors (Lipinski definition) is 1. The highest BCUT2D eigenvalue weighted by Gasteiger charge is 2.36. The van der Waals surface area contributed by atoms with Gasteiger partial charge in [-0.2, -0.15) is 0 Å². The first-order chi connectivity index (χ1) is 22.7. The van der Waals surface area contributed by atoms with Crippen molar-refractivity contribution in [3.63, 3.8) is 0 Å². The molecule has 0 saturated heterocycles. The zero-order valence-electron chi connectivity index (χ0n) is 26.0. The molecule has 1 N–H and O–H groups in total. The standard InChI is InChI=1S/C36H37Cl2N3O5S/c1-46-34-20-19-29(38)23-32(34)41(47(44,45)31-17-6-3-7-18-31)25-35(42)40(24-27-13-10-14-28(37)21-27)33(22-26-11-4-2-5-12-26)36(43)39-30-15-8-9-16-30/h2-7,10-14,17-21,23,30,33H,8-9,15-16,22,24-25H2,1H3,(H,39,43)/t33-/m1/s1. The summed E-state index contributed by atoms with van der Waals surface area (Å²) >= 11 is 12.7. The van der Waals surface area contributed by atoms with Crippen LogP contribution in [0.5, 0.6) is 5.75 Å². The molecule has 1 atom stereocenters. The van der Waals surface area contributed by atoms with Crippen LogP contribution in [0.3, 0.4) is 0 Å². The van der Waals surface area contributed by atoms with Crippen LogP contribution in [-0.4, -0.2) is 50.9 Å². The number of nitrogens with one attached hydrogen (secondary N) is 1. The average Bonchev–Trinajstić information content (AvgIpc) is 3.59. The number of amides is 2. The Balaban J connectivity index is 1.60. The van der Waals surface area contributed by atoms with Crippen molar-refractivity contribution in [3.05, 3.63) is 124 Å². The Kier molecular flexibility index (Phi) is 11.4. The summed E-state index contributed by atoms with van der Waals surface area (Å²) < 4.78 is 35.0. The number of hydrogen-bond acceptors (Lipinski definition) is 5. The number of nitrogens with zero attached hydrogens (tertiary/aromatic N) is 2. The second-order valence-electron chi connectivity index (χ2n) is 11.5. The lowest BCUT2D eigenvalue weighted by atomic mass is 10.0. The van der Waals surface area contributed by atoms with Crippen LogP contribution >= 0.6 is 23.2 Å². The smallest absolute Gasteiger partial charge is 0.264 e. The van der Waals surface area contributed by atoms with Crippen molar-refractivity contribution in [2.24, 2.45) is 0 Å². The van der Waals surface area contributed by atoms with Gasteiger partial charge in [0.2, 0.25) is 11.8 Å². The maximum Gasteiger partial charge on any atom is 0.264 e. The van der Waals surface area contributed by atoms with Crippen molar-refractivity contribution in [1.82, 2.24) is 10.2 Å². The summed E-state index contributed by atoms with van der Waals surface area (Å²) in [7, 11) is -2.90. The van der Waals surface area contributed by atoms with E-state index < -0.39 is 28.5 Å². The lowest BCUT2D eigenvalue weighted by Gasteiger charge is -2.34. The van der Waals surface area contributed by atoms with Crippen LogP contribution in [0, 0.1) is 0 Å². The number of sulfonamides is 1. The van der Waals surface area contributed by atoms with Gasteiger partial charge in [-0.05, 0) is 66.4 Å². The Morgan fingerprint density at radius 2 is 1.49 bits per heavy atom. The Morgan fingerprint density at radius 3 is 2.15 bits per heavy atom. The number of carbonyl (C=O) groups is 2. The van der Waals surface area contributed by atoms with Gasteiger partial charge in [0.1, 0.15) is 18.3 Å². The van der Waals surface area contributed by atoms with Crippen LogP contribution < -0.4 is 14.4 Å². The molecule has 5 rings (SSSR count). The van der Waals surface area contributed by atoms with Crippen LogP contribution in [0.2, 0.25) is 10.0 Å². The molecule has 0 aliphatic heterocycles. The zero-order valence-corrected chi connectivity index (χ0v) is 28.3. The van der Waals surface area contributed by atoms with Gasteiger partial charge in [0.15, 0.2) is 0 Å². The van der Waals surface area contributed by atoms with E-state index >= 15 is 0 Å². The van der Waals surface area contributed by atoms with Crippen molar-refractivity contribution in [3.8, 4) is 5.75 Å². The summed E-state index contributed by atoms with van der Waals surface area (Å²) in [6, 6.07) is 28.0. The molecule has 0 unspecified atom stereocenters. The van der Waals surface area contributed by atoms with Crippen molar-refractivity contribution in [1.29, 1.82) is 0 Å². The molecule has 0 heterocycles. The quantitative estimate of drug-likeness (QED) is 0.164. The van der Waals surface area contributed by atoms with E-state index in [9.17, 15) is 18.0 Å². The van der Waals surface area contributed by atoms with Crippen molar-refractivity contribution in [2.45, 2.75) is 55.6 Å². The second-order valence-corrected chi connectivity index (χ2v) is 14.2. The lowest BCUT2D eigenvalue weighted by Crippen LogP contribution is -2.54. The largest absolute Gasteiger partial charge is 0.495 e. The first kappa shape index (κ1) is 34.3. The molecule has 1 fully saturated rings. The molecule has 1 aliphatic carbocycles. The fourth-order valence-corrected chi connectivity index (χ4v) is 7.66. The van der Waals surface area contributed by atoms with Crippen molar-refractivity contribution < 1.29 is 22.7 Å². The predicted octanol–water partition coefficient (Wildman–Crippen LogP) is 6.90. The van der Waals surface area contributed by atoms with Gasteiger partial charge in [0.05, 0.1) is 17.7 Å². The normalized spacial score (nSPS) is 13.9. The molecule has 4 aromatic carbocycles. The summed E-state index contributed by atoms with van der Waals surface area (Å²) in [5.41, 5.74) is 1.64. The van der Waals surface area contributed by atoms with E-state index in [1.807, 2.05) is 36.4 Å². The Hall–Kier alpha value is -4.05. The molecule has 0 aromatic heterocycles. The molecule has 4 aromatic rings. The van der Waals surface area contributed by atoms with Crippen molar-refractivity contribution in [2.75, 3.05) is 18.0 Å². The first-order valence-electron chi connectivity index (χ1n) is 15.5. The van der Waals surface area contributed by atoms with E-state index in [2.05, 4.69) is 5.32 Å². The minimum absolute atomic E-state index is 0.00886. The molecule has 11 heteroatoms. The molecule has 0 bridgehead atoms. The fraction of sp³-hybridized carbons (Fsp3) is 0.278. The molecule has 0 radical (unpaired) electrons. The van der Waals surface area contributed by atoms with Gasteiger partial charge in [-0.3, -0.25) is 13.9 Å². The SMILES string of the molecule is COc1ccc(Cl)cc1N(CC(=O)N(Cc1cccc(Cl)c1)[C@H](Cc1ccccc1)C(=O)NC1CCCC1)S(=O)(=O)c1ccccc1. The van der Waals surface area contributed by atoms with Gasteiger partial charge in [-0.25, -0.2) is 8.42 Å². The number of anilines is 1. The zero-order chi connectivity index (χ0) is 33.4. The van der Waals surface area contributed by atoms with Gasteiger partial charge in [0.25, 0.3) is 10.0 Å². The minimum Gasteiger partial charge on any atom is -0.495 e. The Morgan fingerprint density at radius 1 is 0.851 bits per heavy atom. The van der Waals surface area contributed by atoms with Crippen LogP contribution in [0.25, 0.3) is 0 Å². The van der Waals surface area contributed by atoms with Gasteiger partial charge in [-0.15, -0.1) is 0 Å². The molecule has 1 saturated carbocycles. The van der Waals surface area contributed by atoms with Crippen LogP contribution in [-0.2, 0) is 32.6 Å². The fourth-order valence-electron chi connectivity index (χ4n) is 5.84. The van der Waals surface area contributed by atoms with E-state index in [-0.39, 0.29) is 46.3 Å². The van der Waals surface area contributed by atoms with Crippen molar-refractivity contribution >= 4 is 50.7 Å². The molecular formula is C36H37Cl2N3O5S. The highest BCUT2D eigenvalue weighted by molar-refractivity contribution is 7.92. The summed E-state index contributed by atoms with van der Waals surface area (Å²) in [4.78, 5) is 30.2. The van der Waals surface area contributed by atoms with E-state index in [1.54, 1.807) is 48.5 Å². The van der Waals surface area contributed by atoms with E-state index in [0.29, 0.717) is 10.6 Å². The number of ether oxygens (including phenoxy) is 1. The van der Waals surface area contributed by atoms with Gasteiger partial charge < -0.3 is 15.0 Å². The van der Waals surface area contributed by atoms with Gasteiger partial charge >= 0.3 is 0 Å². The molecule has 2 amide bonds. The maximum atomic E-state index is 14.7. The first-order valence-corrected chi connectivity index (χ1v) is 17.6. The number of methoxy groups -OCH3 is 1. The third-order valence-electron chi connectivity index (χ3n) is 8.23. The summed E-state index contributed by atoms with van der Waals surface area (Å²) in [6.07, 6.45) is 3.99. The molecule has 1 aliphatic rings. The van der Waals surface area contributed by atoms with Crippen LogP contribution in [0.15, 0.2) is 108 Å². The third kappa shape index (κ3) is 8.66. The summed E-state index contributed by atoms with van der Waals surface area (Å²) in [6.45, 7) is -0.614. The topological polar surface area (TPSA) is 96.0 Å². The van der Waals surface area contributed by atoms with E-state index in [0.717, 1.165) is 35.6 Å². The Bertz CT molecular complexity index is 1790. The molecule has 47 heavy (non-hydrogen) atoms. The monoisotopic (exact) mass is 693 g/mol. The van der Waals surface area contributed by atoms with E-state index in [1.165, 1.54) is 30.2 Å². The minimum atomic E-state index is -4.31. The Labute approximate surface area is 286 Å². The number of benzene rings is 4. The lowest BCUT2D eigenvalue weighted by molar-refractivity contribution is -0.140. The van der Waals surface area contributed by atoms with Gasteiger partial charge in [-0.1, -0.05) is 96.7 Å². The highest BCUT2D eigenvalue weighted by Crippen LogP contribution is 2.35. The molecule has 246 valence electrons. The third-order valence-corrected chi connectivity index (χ3v) is 10.5. The van der Waals surface area contributed by atoms with E-state index in [4.69, 9.17) is 27.9 Å². The average molecular weight is 695 g/mol. The number of carbonyl (C=O) groups excluding carboxylic acids is 2. The summed E-state index contributed by atoms with van der Waals surface area (Å²) in [5, 5.41) is 3.90. The highest BCUT2D eigenvalue weighted by atomic mass is 35.5. The maximum absolute atomic E-state index is 14.7. The molecule has 0 spiro atoms. The number of halogens is 2. The molecular weight excluding hydrogens is 657 g/mol. The molecule has 8 nitrogen and oxygen atoms in total. The summed E-state index contributed by atoms with van der Waals surface area (Å²) in [5.74, 6) is -0.675. The van der Waals surface area contributed by atoms with Gasteiger partial charge in [0, 0.05) is 29.1 Å². The van der Waals surface area contributed by atoms with Crippen LogP contribution in [0.1, 0.15) is 36.8 Å². The predicted molar refractivity (Wildman–Crippen MR) is 185 cm³/mol. The second kappa shape index (κ2) is 15.7. The number of rotatable bonds is 13.